The molecule has 0 radical (unpaired) electrons. The van der Waals surface area contributed by atoms with Crippen LogP contribution in [0.5, 0.6) is 0 Å². The zero-order valence-corrected chi connectivity index (χ0v) is 10.8. The van der Waals surface area contributed by atoms with Gasteiger partial charge in [-0.05, 0) is 13.0 Å². The van der Waals surface area contributed by atoms with Gasteiger partial charge in [0.2, 0.25) is 5.01 Å². The molecule has 7 nitrogen and oxygen atoms in total. The van der Waals surface area contributed by atoms with Gasteiger partial charge in [-0.15, -0.1) is 11.3 Å². The normalized spacial score (nSPS) is 10.2. The Morgan fingerprint density at radius 2 is 2.21 bits per heavy atom. The summed E-state index contributed by atoms with van der Waals surface area (Å²) in [5, 5.41) is 11.3. The molecule has 2 heterocycles. The fourth-order valence-corrected chi connectivity index (χ4v) is 2.01. The molecule has 2 aromatic heterocycles. The lowest BCUT2D eigenvalue weighted by atomic mass is 10.4. The fraction of sp³-hybridized carbons (Fsp3) is 0.182. The average molecular weight is 278 g/mol. The molecule has 1 amide bonds. The van der Waals surface area contributed by atoms with Crippen molar-refractivity contribution < 1.29 is 14.7 Å². The van der Waals surface area contributed by atoms with Crippen molar-refractivity contribution >= 4 is 23.2 Å². The summed E-state index contributed by atoms with van der Waals surface area (Å²) in [6.45, 7) is 2.01. The molecule has 0 aliphatic heterocycles. The van der Waals surface area contributed by atoms with Crippen LogP contribution in [0, 0.1) is 6.92 Å². The van der Waals surface area contributed by atoms with Crippen LogP contribution in [0.1, 0.15) is 31.0 Å². The summed E-state index contributed by atoms with van der Waals surface area (Å²) in [7, 11) is 0. The van der Waals surface area contributed by atoms with E-state index in [0.717, 1.165) is 11.3 Å². The van der Waals surface area contributed by atoms with Crippen molar-refractivity contribution in [2.75, 3.05) is 0 Å². The van der Waals surface area contributed by atoms with E-state index < -0.39 is 5.97 Å². The Bertz CT molecular complexity index is 626. The zero-order valence-electron chi connectivity index (χ0n) is 9.95. The first-order chi connectivity index (χ1) is 9.06. The van der Waals surface area contributed by atoms with Crippen LogP contribution >= 0.6 is 11.3 Å². The molecule has 0 saturated heterocycles. The van der Waals surface area contributed by atoms with Crippen LogP contribution in [-0.2, 0) is 6.54 Å². The fourth-order valence-electron chi connectivity index (χ4n) is 1.34. The van der Waals surface area contributed by atoms with Gasteiger partial charge in [0.1, 0.15) is 10.7 Å². The Morgan fingerprint density at radius 3 is 2.84 bits per heavy atom. The standard InChI is InChI=1S/C11H10N4O3S/c1-6-12-3-2-7(15-6)4-13-9(16)8-5-14-10(19-8)11(17)18/h2-3,5H,4H2,1H3,(H,13,16)(H,17,18). The van der Waals surface area contributed by atoms with Crippen LogP contribution in [0.15, 0.2) is 18.5 Å². The smallest absolute Gasteiger partial charge is 0.365 e. The number of hydrogen-bond donors (Lipinski definition) is 2. The summed E-state index contributed by atoms with van der Waals surface area (Å²) >= 11 is 0.832. The molecule has 0 unspecified atom stereocenters. The third-order valence-electron chi connectivity index (χ3n) is 2.18. The first-order valence-corrected chi connectivity index (χ1v) is 6.14. The highest BCUT2D eigenvalue weighted by molar-refractivity contribution is 7.15. The second-order valence-electron chi connectivity index (χ2n) is 3.61. The Hall–Kier alpha value is -2.35. The first kappa shape index (κ1) is 13.1. The maximum absolute atomic E-state index is 11.8. The van der Waals surface area contributed by atoms with Crippen LogP contribution in [0.4, 0.5) is 0 Å². The molecule has 0 spiro atoms. The van der Waals surface area contributed by atoms with Crippen molar-refractivity contribution in [2.45, 2.75) is 13.5 Å². The molecule has 0 bridgehead atoms. The lowest BCUT2D eigenvalue weighted by Gasteiger charge is -2.02. The van der Waals surface area contributed by atoms with Crippen molar-refractivity contribution in [2.24, 2.45) is 0 Å². The minimum atomic E-state index is -1.14. The van der Waals surface area contributed by atoms with Gasteiger partial charge in [0.25, 0.3) is 5.91 Å². The minimum absolute atomic E-state index is 0.108. The van der Waals surface area contributed by atoms with E-state index in [9.17, 15) is 9.59 Å². The number of nitrogens with zero attached hydrogens (tertiary/aromatic N) is 3. The number of amides is 1. The molecule has 0 aliphatic carbocycles. The highest BCUT2D eigenvalue weighted by atomic mass is 32.1. The van der Waals surface area contributed by atoms with Gasteiger partial charge in [-0.3, -0.25) is 4.79 Å². The maximum atomic E-state index is 11.8. The number of hydrogen-bond acceptors (Lipinski definition) is 6. The van der Waals surface area contributed by atoms with Gasteiger partial charge >= 0.3 is 5.97 Å². The molecule has 19 heavy (non-hydrogen) atoms. The molecular formula is C11H10N4O3S. The Morgan fingerprint density at radius 1 is 1.42 bits per heavy atom. The van der Waals surface area contributed by atoms with Gasteiger partial charge in [-0.1, -0.05) is 0 Å². The van der Waals surface area contributed by atoms with Gasteiger partial charge in [-0.25, -0.2) is 19.7 Å². The SMILES string of the molecule is Cc1nccc(CNC(=O)c2cnc(C(=O)O)s2)n1. The van der Waals surface area contributed by atoms with E-state index in [2.05, 4.69) is 20.3 Å². The summed E-state index contributed by atoms with van der Waals surface area (Å²) in [6, 6.07) is 1.70. The molecule has 8 heteroatoms. The van der Waals surface area contributed by atoms with E-state index in [4.69, 9.17) is 5.11 Å². The van der Waals surface area contributed by atoms with E-state index in [0.29, 0.717) is 11.5 Å². The summed E-state index contributed by atoms with van der Waals surface area (Å²) in [6.07, 6.45) is 2.85. The zero-order chi connectivity index (χ0) is 13.8. The van der Waals surface area contributed by atoms with Crippen molar-refractivity contribution in [1.29, 1.82) is 0 Å². The van der Waals surface area contributed by atoms with E-state index >= 15 is 0 Å². The largest absolute Gasteiger partial charge is 0.476 e. The van der Waals surface area contributed by atoms with E-state index in [1.54, 1.807) is 19.2 Å². The molecule has 0 saturated carbocycles. The van der Waals surface area contributed by atoms with Gasteiger partial charge in [0.15, 0.2) is 0 Å². The van der Waals surface area contributed by atoms with E-state index in [1.165, 1.54) is 6.20 Å². The molecule has 0 fully saturated rings. The topological polar surface area (TPSA) is 105 Å². The molecule has 2 N–H and O–H groups in total. The van der Waals surface area contributed by atoms with Crippen LogP contribution in [0.2, 0.25) is 0 Å². The number of carboxylic acids is 1. The minimum Gasteiger partial charge on any atom is -0.476 e. The predicted octanol–water partition coefficient (Wildman–Crippen LogP) is 0.870. The second-order valence-corrected chi connectivity index (χ2v) is 4.64. The van der Waals surface area contributed by atoms with Crippen molar-refractivity contribution in [3.8, 4) is 0 Å². The van der Waals surface area contributed by atoms with E-state index in [1.807, 2.05) is 0 Å². The number of aryl methyl sites for hydroxylation is 1. The third kappa shape index (κ3) is 3.32. The lowest BCUT2D eigenvalue weighted by Crippen LogP contribution is -2.22. The maximum Gasteiger partial charge on any atom is 0.365 e. The number of carbonyl (C=O) groups excluding carboxylic acids is 1. The summed E-state index contributed by atoms with van der Waals surface area (Å²) in [5.74, 6) is -0.894. The summed E-state index contributed by atoms with van der Waals surface area (Å²) < 4.78 is 0. The van der Waals surface area contributed by atoms with Crippen molar-refractivity contribution in [3.05, 3.63) is 39.9 Å². The van der Waals surface area contributed by atoms with Crippen LogP contribution in [0.3, 0.4) is 0 Å². The van der Waals surface area contributed by atoms with Crippen molar-refractivity contribution in [1.82, 2.24) is 20.3 Å². The molecule has 0 aliphatic rings. The number of carbonyl (C=O) groups is 2. The number of nitrogens with one attached hydrogen (secondary N) is 1. The van der Waals surface area contributed by atoms with Gasteiger partial charge in [0, 0.05) is 6.20 Å². The lowest BCUT2D eigenvalue weighted by molar-refractivity contribution is 0.0696. The Kier molecular flexibility index (Phi) is 3.81. The molecule has 2 rings (SSSR count). The van der Waals surface area contributed by atoms with Crippen molar-refractivity contribution in [3.63, 3.8) is 0 Å². The van der Waals surface area contributed by atoms with Crippen LogP contribution in [-0.4, -0.2) is 31.9 Å². The number of thiazole rings is 1. The van der Waals surface area contributed by atoms with Gasteiger partial charge < -0.3 is 10.4 Å². The summed E-state index contributed by atoms with van der Waals surface area (Å²) in [4.78, 5) is 34.4. The molecule has 0 atom stereocenters. The van der Waals surface area contributed by atoms with Crippen LogP contribution in [0.25, 0.3) is 0 Å². The highest BCUT2D eigenvalue weighted by Crippen LogP contribution is 2.12. The molecular weight excluding hydrogens is 268 g/mol. The number of aromatic carboxylic acids is 1. The predicted molar refractivity (Wildman–Crippen MR) is 67.0 cm³/mol. The quantitative estimate of drug-likeness (QED) is 0.859. The van der Waals surface area contributed by atoms with Crippen LogP contribution < -0.4 is 5.32 Å². The first-order valence-electron chi connectivity index (χ1n) is 5.32. The molecule has 2 aromatic rings. The van der Waals surface area contributed by atoms with E-state index in [-0.39, 0.29) is 22.3 Å². The number of rotatable bonds is 4. The number of aromatic nitrogens is 3. The molecule has 0 aromatic carbocycles. The average Bonchev–Trinajstić information content (AvgIpc) is 2.86. The Balaban J connectivity index is 1.99. The summed E-state index contributed by atoms with van der Waals surface area (Å²) in [5.41, 5.74) is 0.684. The Labute approximate surface area is 112 Å². The number of carboxylic acid groups (broad SMARTS) is 1. The van der Waals surface area contributed by atoms with Gasteiger partial charge in [0.05, 0.1) is 18.4 Å². The molecule has 98 valence electrons. The highest BCUT2D eigenvalue weighted by Gasteiger charge is 2.14. The third-order valence-corrected chi connectivity index (χ3v) is 3.16. The van der Waals surface area contributed by atoms with Gasteiger partial charge in [-0.2, -0.15) is 0 Å². The monoisotopic (exact) mass is 278 g/mol. The second kappa shape index (κ2) is 5.53.